The lowest BCUT2D eigenvalue weighted by molar-refractivity contribution is 0.560. The Labute approximate surface area is 179 Å². The van der Waals surface area contributed by atoms with Gasteiger partial charge in [-0.25, -0.2) is 14.8 Å². The zero-order chi connectivity index (χ0) is 20.4. The fraction of sp³-hybridized carbons (Fsp3) is 0.211. The highest BCUT2D eigenvalue weighted by molar-refractivity contribution is 7.21. The van der Waals surface area contributed by atoms with Gasteiger partial charge in [0.15, 0.2) is 0 Å². The normalized spacial score (nSPS) is 14.1. The van der Waals surface area contributed by atoms with Crippen LogP contribution in [-0.2, 0) is 0 Å². The highest BCUT2D eigenvalue weighted by Crippen LogP contribution is 2.33. The van der Waals surface area contributed by atoms with E-state index in [1.54, 1.807) is 18.3 Å². The summed E-state index contributed by atoms with van der Waals surface area (Å²) in [5.74, 6) is 0.826. The number of nitrogens with zero attached hydrogens (tertiary/aromatic N) is 3. The quantitative estimate of drug-likeness (QED) is 0.481. The van der Waals surface area contributed by atoms with Gasteiger partial charge in [-0.15, -0.1) is 11.3 Å². The summed E-state index contributed by atoms with van der Waals surface area (Å²) >= 11 is 11.3. The average Bonchev–Trinajstić information content (AvgIpc) is 3.20. The van der Waals surface area contributed by atoms with E-state index in [2.05, 4.69) is 32.1 Å². The Morgan fingerprint density at radius 1 is 1.21 bits per heavy atom. The van der Waals surface area contributed by atoms with Gasteiger partial charge >= 0.3 is 5.63 Å². The molecule has 0 atom stereocenters. The molecule has 2 N–H and O–H groups in total. The Kier molecular flexibility index (Phi) is 5.98. The molecule has 10 heteroatoms. The van der Waals surface area contributed by atoms with Crippen molar-refractivity contribution in [2.75, 3.05) is 31.1 Å². The first kappa shape index (κ1) is 20.1. The highest BCUT2D eigenvalue weighted by Gasteiger charge is 2.16. The molecule has 4 heterocycles. The first-order chi connectivity index (χ1) is 14.2. The van der Waals surface area contributed by atoms with Crippen LogP contribution in [0, 0.1) is 0 Å². The maximum atomic E-state index is 12.6. The molecule has 0 radical (unpaired) electrons. The number of pyridine rings is 1. The van der Waals surface area contributed by atoms with E-state index in [1.165, 1.54) is 11.3 Å². The number of nitrogens with one attached hydrogen (secondary N) is 1. The fourth-order valence-electron chi connectivity index (χ4n) is 3.25. The molecule has 1 aliphatic heterocycles. The van der Waals surface area contributed by atoms with Crippen LogP contribution in [0.1, 0.15) is 0 Å². The van der Waals surface area contributed by atoms with Crippen LogP contribution in [0.3, 0.4) is 0 Å². The van der Waals surface area contributed by atoms with Crippen LogP contribution in [-0.4, -0.2) is 40.8 Å². The van der Waals surface area contributed by atoms with Crippen molar-refractivity contribution in [1.82, 2.24) is 15.3 Å². The summed E-state index contributed by atoms with van der Waals surface area (Å²) in [7, 11) is 0. The molecule has 0 unspecified atom stereocenters. The van der Waals surface area contributed by atoms with Gasteiger partial charge < -0.3 is 14.6 Å². The number of aromatic nitrogens is 2. The Balaban J connectivity index is 0.000000994. The SMILES string of the molecule is O=c1oc2cc(N3CCNCC3)ncc2cc1-c1nc2c(Cl)cccc2s1.OCl. The van der Waals surface area contributed by atoms with E-state index >= 15 is 0 Å². The number of fused-ring (bicyclic) bond motifs is 2. The van der Waals surface area contributed by atoms with Crippen LogP contribution in [0.25, 0.3) is 31.8 Å². The van der Waals surface area contributed by atoms with Crippen molar-refractivity contribution in [3.63, 3.8) is 0 Å². The van der Waals surface area contributed by atoms with Gasteiger partial charge in [0.2, 0.25) is 0 Å². The van der Waals surface area contributed by atoms with Crippen molar-refractivity contribution < 1.29 is 9.08 Å². The van der Waals surface area contributed by atoms with Crippen LogP contribution in [0.4, 0.5) is 5.82 Å². The zero-order valence-electron chi connectivity index (χ0n) is 15.1. The summed E-state index contributed by atoms with van der Waals surface area (Å²) in [6, 6.07) is 9.23. The van der Waals surface area contributed by atoms with Gasteiger partial charge in [0.05, 0.1) is 27.2 Å². The Morgan fingerprint density at radius 2 is 2.00 bits per heavy atom. The molecule has 0 spiro atoms. The molecule has 5 rings (SSSR count). The summed E-state index contributed by atoms with van der Waals surface area (Å²) in [6.07, 6.45) is 1.75. The molecule has 29 heavy (non-hydrogen) atoms. The smallest absolute Gasteiger partial charge is 0.346 e. The van der Waals surface area contributed by atoms with Gasteiger partial charge in [0.25, 0.3) is 0 Å². The third-order valence-electron chi connectivity index (χ3n) is 4.64. The molecule has 0 bridgehead atoms. The van der Waals surface area contributed by atoms with Gasteiger partial charge in [-0.1, -0.05) is 17.7 Å². The maximum absolute atomic E-state index is 12.6. The summed E-state index contributed by atoms with van der Waals surface area (Å²) in [5, 5.41) is 5.25. The molecule has 7 nitrogen and oxygen atoms in total. The second-order valence-electron chi connectivity index (χ2n) is 6.37. The predicted octanol–water partition coefficient (Wildman–Crippen LogP) is 3.66. The minimum Gasteiger partial charge on any atom is -0.422 e. The van der Waals surface area contributed by atoms with Gasteiger partial charge in [-0.05, 0) is 18.2 Å². The van der Waals surface area contributed by atoms with Crippen LogP contribution >= 0.6 is 34.8 Å². The van der Waals surface area contributed by atoms with Crippen molar-refractivity contribution >= 4 is 61.8 Å². The van der Waals surface area contributed by atoms with Gasteiger partial charge in [-0.3, -0.25) is 4.66 Å². The molecule has 3 aromatic heterocycles. The van der Waals surface area contributed by atoms with Gasteiger partial charge in [-0.2, -0.15) is 0 Å². The monoisotopic (exact) mass is 450 g/mol. The molecule has 0 saturated carbocycles. The highest BCUT2D eigenvalue weighted by atomic mass is 35.5. The number of anilines is 1. The van der Waals surface area contributed by atoms with Crippen molar-refractivity contribution in [3.8, 4) is 10.6 Å². The van der Waals surface area contributed by atoms with E-state index in [-0.39, 0.29) is 0 Å². The molecule has 1 aromatic carbocycles. The summed E-state index contributed by atoms with van der Waals surface area (Å²) in [4.78, 5) is 23.9. The van der Waals surface area contributed by atoms with Crippen LogP contribution in [0.15, 0.2) is 45.7 Å². The van der Waals surface area contributed by atoms with Gasteiger partial charge in [0.1, 0.15) is 21.9 Å². The van der Waals surface area contributed by atoms with E-state index in [0.717, 1.165) is 42.1 Å². The number of para-hydroxylation sites is 1. The standard InChI is InChI=1S/C19H15ClN4O2S.ClHO/c20-13-2-1-3-15-17(13)23-18(27-15)12-8-11-10-22-16(9-14(11)26-19(12)25)24-6-4-21-5-7-24;1-2/h1-3,8-10,21H,4-7H2;2H. The van der Waals surface area contributed by atoms with Crippen LogP contribution < -0.4 is 15.8 Å². The lowest BCUT2D eigenvalue weighted by Gasteiger charge is -2.28. The van der Waals surface area contributed by atoms with Crippen LogP contribution in [0.5, 0.6) is 0 Å². The predicted molar refractivity (Wildman–Crippen MR) is 117 cm³/mol. The molecule has 1 saturated heterocycles. The average molecular weight is 451 g/mol. The summed E-state index contributed by atoms with van der Waals surface area (Å²) < 4.78 is 13.0. The number of halogens is 2. The Hall–Kier alpha value is -2.23. The largest absolute Gasteiger partial charge is 0.422 e. The number of rotatable bonds is 2. The third-order valence-corrected chi connectivity index (χ3v) is 6.00. The lowest BCUT2D eigenvalue weighted by atomic mass is 10.2. The van der Waals surface area contributed by atoms with E-state index < -0.39 is 5.63 Å². The van der Waals surface area contributed by atoms with E-state index in [1.807, 2.05) is 18.2 Å². The number of piperazine rings is 1. The minimum absolute atomic E-state index is 0.407. The molecule has 0 aliphatic carbocycles. The Morgan fingerprint density at radius 3 is 2.76 bits per heavy atom. The molecular formula is C19H16Cl2N4O3S. The lowest BCUT2D eigenvalue weighted by Crippen LogP contribution is -2.43. The van der Waals surface area contributed by atoms with Crippen LogP contribution in [0.2, 0.25) is 5.02 Å². The number of hydrogen-bond acceptors (Lipinski definition) is 8. The maximum Gasteiger partial charge on any atom is 0.346 e. The van der Waals surface area contributed by atoms with Crippen molar-refractivity contribution in [2.45, 2.75) is 0 Å². The number of hydrogen-bond donors (Lipinski definition) is 2. The number of thiazole rings is 1. The summed E-state index contributed by atoms with van der Waals surface area (Å²) in [6.45, 7) is 3.60. The molecule has 4 aromatic rings. The number of benzene rings is 1. The first-order valence-electron chi connectivity index (χ1n) is 8.81. The van der Waals surface area contributed by atoms with Crippen molar-refractivity contribution in [1.29, 1.82) is 0 Å². The third kappa shape index (κ3) is 3.94. The van der Waals surface area contributed by atoms with Crippen molar-refractivity contribution in [2.24, 2.45) is 0 Å². The van der Waals surface area contributed by atoms with E-state index in [0.29, 0.717) is 26.7 Å². The molecule has 1 fully saturated rings. The second-order valence-corrected chi connectivity index (χ2v) is 7.81. The topological polar surface area (TPSA) is 91.5 Å². The molecule has 0 amide bonds. The first-order valence-corrected chi connectivity index (χ1v) is 10.3. The minimum atomic E-state index is -0.407. The Bertz CT molecular complexity index is 1220. The zero-order valence-corrected chi connectivity index (χ0v) is 17.4. The molecule has 150 valence electrons. The van der Waals surface area contributed by atoms with E-state index in [9.17, 15) is 4.79 Å². The van der Waals surface area contributed by atoms with Gasteiger partial charge in [0, 0.05) is 43.8 Å². The molecule has 1 aliphatic rings. The fourth-order valence-corrected chi connectivity index (χ4v) is 4.52. The second kappa shape index (κ2) is 8.64. The van der Waals surface area contributed by atoms with Crippen molar-refractivity contribution in [3.05, 3.63) is 52.0 Å². The molecular weight excluding hydrogens is 435 g/mol. The van der Waals surface area contributed by atoms with E-state index in [4.69, 9.17) is 20.7 Å². The summed E-state index contributed by atoms with van der Waals surface area (Å²) in [5.41, 5.74) is 1.25.